The average Bonchev–Trinajstić information content (AvgIpc) is 2.86. The smallest absolute Gasteiger partial charge is 0.270 e. The van der Waals surface area contributed by atoms with Crippen LogP contribution in [0.1, 0.15) is 16.1 Å². The van der Waals surface area contributed by atoms with Gasteiger partial charge in [-0.05, 0) is 24.6 Å². The van der Waals surface area contributed by atoms with Gasteiger partial charge < -0.3 is 5.73 Å². The van der Waals surface area contributed by atoms with Crippen molar-refractivity contribution in [3.63, 3.8) is 0 Å². The van der Waals surface area contributed by atoms with Gasteiger partial charge in [0.15, 0.2) is 5.69 Å². The van der Waals surface area contributed by atoms with E-state index in [1.165, 1.54) is 0 Å². The lowest BCUT2D eigenvalue weighted by Crippen LogP contribution is -2.12. The van der Waals surface area contributed by atoms with Gasteiger partial charge in [0.1, 0.15) is 11.0 Å². The molecule has 0 saturated carbocycles. The molecule has 110 valence electrons. The number of imidazole rings is 1. The molecule has 0 aliphatic rings. The van der Waals surface area contributed by atoms with Gasteiger partial charge in [0.25, 0.3) is 5.91 Å². The Balaban J connectivity index is 2.30. The summed E-state index contributed by atoms with van der Waals surface area (Å²) in [6, 6.07) is 17.4. The third-order valence-electron chi connectivity index (χ3n) is 3.35. The highest BCUT2D eigenvalue weighted by atomic mass is 35.5. The zero-order valence-electron chi connectivity index (χ0n) is 12.0. The summed E-state index contributed by atoms with van der Waals surface area (Å²) in [5.41, 5.74) is 8.24. The molecular weight excluding hydrogens is 298 g/mol. The first-order valence-electron chi connectivity index (χ1n) is 6.78. The van der Waals surface area contributed by atoms with Gasteiger partial charge in [0, 0.05) is 11.3 Å². The third kappa shape index (κ3) is 2.49. The second kappa shape index (κ2) is 5.66. The standard InChI is InChI=1S/C17H14ClN3O/c1-11-6-5-9-13(10-11)21-15(18)14(16(19)22)20-17(21)12-7-3-2-4-8-12/h2-10H,1H3,(H2,19,22). The predicted octanol–water partition coefficient (Wildman–Crippen LogP) is 3.60. The molecule has 0 fully saturated rings. The fourth-order valence-corrected chi connectivity index (χ4v) is 2.65. The van der Waals surface area contributed by atoms with E-state index in [-0.39, 0.29) is 10.8 Å². The van der Waals surface area contributed by atoms with Crippen LogP contribution in [-0.2, 0) is 0 Å². The number of primary amides is 1. The van der Waals surface area contributed by atoms with E-state index < -0.39 is 5.91 Å². The van der Waals surface area contributed by atoms with Crippen LogP contribution in [0.3, 0.4) is 0 Å². The Hall–Kier alpha value is -2.59. The minimum atomic E-state index is -0.645. The molecule has 1 heterocycles. The molecular formula is C17H14ClN3O. The van der Waals surface area contributed by atoms with Crippen LogP contribution in [0.2, 0.25) is 5.15 Å². The summed E-state index contributed by atoms with van der Waals surface area (Å²) in [5, 5.41) is 0.219. The number of hydrogen-bond acceptors (Lipinski definition) is 2. The van der Waals surface area contributed by atoms with E-state index in [0.717, 1.165) is 16.8 Å². The highest BCUT2D eigenvalue weighted by molar-refractivity contribution is 6.33. The fourth-order valence-electron chi connectivity index (χ4n) is 2.34. The van der Waals surface area contributed by atoms with E-state index >= 15 is 0 Å². The van der Waals surface area contributed by atoms with Gasteiger partial charge in [-0.25, -0.2) is 4.98 Å². The number of nitrogens with zero attached hydrogens (tertiary/aromatic N) is 2. The molecule has 2 N–H and O–H groups in total. The molecule has 0 aliphatic heterocycles. The van der Waals surface area contributed by atoms with E-state index in [9.17, 15) is 4.79 Å². The topological polar surface area (TPSA) is 60.9 Å². The lowest BCUT2D eigenvalue weighted by molar-refractivity contribution is 0.0996. The van der Waals surface area contributed by atoms with Crippen LogP contribution < -0.4 is 5.73 Å². The first-order chi connectivity index (χ1) is 10.6. The monoisotopic (exact) mass is 311 g/mol. The van der Waals surface area contributed by atoms with Crippen LogP contribution in [-0.4, -0.2) is 15.5 Å². The molecule has 1 aromatic heterocycles. The van der Waals surface area contributed by atoms with Crippen LogP contribution in [0.25, 0.3) is 17.1 Å². The van der Waals surface area contributed by atoms with Crippen LogP contribution in [0.5, 0.6) is 0 Å². The molecule has 0 atom stereocenters. The van der Waals surface area contributed by atoms with E-state index in [4.69, 9.17) is 17.3 Å². The van der Waals surface area contributed by atoms with Gasteiger partial charge in [-0.3, -0.25) is 9.36 Å². The number of carbonyl (C=O) groups is 1. The van der Waals surface area contributed by atoms with Gasteiger partial charge >= 0.3 is 0 Å². The molecule has 0 spiro atoms. The number of aromatic nitrogens is 2. The number of aryl methyl sites for hydroxylation is 1. The number of amides is 1. The summed E-state index contributed by atoms with van der Waals surface area (Å²) in [5.74, 6) is -0.0569. The van der Waals surface area contributed by atoms with Gasteiger partial charge in [0.2, 0.25) is 0 Å². The lowest BCUT2D eigenvalue weighted by atomic mass is 10.2. The zero-order chi connectivity index (χ0) is 15.7. The Bertz CT molecular complexity index is 840. The number of halogens is 1. The Kier molecular flexibility index (Phi) is 3.69. The zero-order valence-corrected chi connectivity index (χ0v) is 12.7. The Morgan fingerprint density at radius 1 is 1.14 bits per heavy atom. The lowest BCUT2D eigenvalue weighted by Gasteiger charge is -2.10. The van der Waals surface area contributed by atoms with Crippen molar-refractivity contribution in [1.82, 2.24) is 9.55 Å². The Morgan fingerprint density at radius 2 is 1.86 bits per heavy atom. The molecule has 22 heavy (non-hydrogen) atoms. The van der Waals surface area contributed by atoms with E-state index in [2.05, 4.69) is 4.98 Å². The van der Waals surface area contributed by atoms with Crippen molar-refractivity contribution in [3.05, 3.63) is 71.0 Å². The van der Waals surface area contributed by atoms with E-state index in [0.29, 0.717) is 5.82 Å². The molecule has 0 unspecified atom stereocenters. The van der Waals surface area contributed by atoms with Gasteiger partial charge in [0.05, 0.1) is 0 Å². The Morgan fingerprint density at radius 3 is 2.50 bits per heavy atom. The maximum absolute atomic E-state index is 11.6. The van der Waals surface area contributed by atoms with Gasteiger partial charge in [-0.1, -0.05) is 54.1 Å². The first-order valence-corrected chi connectivity index (χ1v) is 7.16. The third-order valence-corrected chi connectivity index (χ3v) is 3.69. The van der Waals surface area contributed by atoms with E-state index in [1.807, 2.05) is 61.5 Å². The molecule has 2 aromatic carbocycles. The maximum Gasteiger partial charge on any atom is 0.270 e. The molecule has 1 amide bonds. The highest BCUT2D eigenvalue weighted by Crippen LogP contribution is 2.29. The number of nitrogens with two attached hydrogens (primary N) is 1. The summed E-state index contributed by atoms with van der Waals surface area (Å²) in [4.78, 5) is 15.9. The minimum absolute atomic E-state index is 0.0713. The van der Waals surface area contributed by atoms with Crippen molar-refractivity contribution in [2.24, 2.45) is 5.73 Å². The van der Waals surface area contributed by atoms with Gasteiger partial charge in [-0.15, -0.1) is 0 Å². The molecule has 3 aromatic rings. The van der Waals surface area contributed by atoms with Crippen molar-refractivity contribution in [3.8, 4) is 17.1 Å². The van der Waals surface area contributed by atoms with Crippen molar-refractivity contribution >= 4 is 17.5 Å². The van der Waals surface area contributed by atoms with Crippen LogP contribution in [0.15, 0.2) is 54.6 Å². The minimum Gasteiger partial charge on any atom is -0.364 e. The van der Waals surface area contributed by atoms with Crippen LogP contribution in [0.4, 0.5) is 0 Å². The van der Waals surface area contributed by atoms with Crippen LogP contribution >= 0.6 is 11.6 Å². The highest BCUT2D eigenvalue weighted by Gasteiger charge is 2.21. The molecule has 0 bridgehead atoms. The summed E-state index contributed by atoms with van der Waals surface area (Å²) in [6.07, 6.45) is 0. The molecule has 5 heteroatoms. The second-order valence-corrected chi connectivity index (χ2v) is 5.34. The Labute approximate surface area is 133 Å². The van der Waals surface area contributed by atoms with Crippen LogP contribution in [0, 0.1) is 6.92 Å². The predicted molar refractivity (Wildman–Crippen MR) is 87.3 cm³/mol. The largest absolute Gasteiger partial charge is 0.364 e. The summed E-state index contributed by atoms with van der Waals surface area (Å²) >= 11 is 6.36. The second-order valence-electron chi connectivity index (χ2n) is 4.98. The number of carbonyl (C=O) groups excluding carboxylic acids is 1. The van der Waals surface area contributed by atoms with Crippen molar-refractivity contribution < 1.29 is 4.79 Å². The molecule has 4 nitrogen and oxygen atoms in total. The fraction of sp³-hybridized carbons (Fsp3) is 0.0588. The molecule has 0 radical (unpaired) electrons. The first kappa shape index (κ1) is 14.4. The summed E-state index contributed by atoms with van der Waals surface area (Å²) < 4.78 is 1.74. The summed E-state index contributed by atoms with van der Waals surface area (Å²) in [6.45, 7) is 1.99. The molecule has 0 saturated heterocycles. The van der Waals surface area contributed by atoms with Crippen molar-refractivity contribution in [1.29, 1.82) is 0 Å². The maximum atomic E-state index is 11.6. The molecule has 0 aliphatic carbocycles. The average molecular weight is 312 g/mol. The van der Waals surface area contributed by atoms with E-state index in [1.54, 1.807) is 4.57 Å². The summed E-state index contributed by atoms with van der Waals surface area (Å²) in [7, 11) is 0. The number of rotatable bonds is 3. The van der Waals surface area contributed by atoms with Crippen molar-refractivity contribution in [2.75, 3.05) is 0 Å². The van der Waals surface area contributed by atoms with Crippen molar-refractivity contribution in [2.45, 2.75) is 6.92 Å². The SMILES string of the molecule is Cc1cccc(-n2c(-c3ccccc3)nc(C(N)=O)c2Cl)c1. The normalized spacial score (nSPS) is 10.6. The van der Waals surface area contributed by atoms with Gasteiger partial charge in [-0.2, -0.15) is 0 Å². The quantitative estimate of drug-likeness (QED) is 0.803. The number of hydrogen-bond donors (Lipinski definition) is 1. The molecule has 3 rings (SSSR count). The number of benzene rings is 2.